The molecule has 4 rings (SSSR count). The number of piperidine rings is 1. The zero-order chi connectivity index (χ0) is 18.1. The molecule has 2 amide bonds. The number of hydrogen-bond acceptors (Lipinski definition) is 4. The summed E-state index contributed by atoms with van der Waals surface area (Å²) in [7, 11) is 0. The molecule has 2 atom stereocenters. The lowest BCUT2D eigenvalue weighted by molar-refractivity contribution is -0.140. The summed E-state index contributed by atoms with van der Waals surface area (Å²) >= 11 is 0. The van der Waals surface area contributed by atoms with Gasteiger partial charge in [0.25, 0.3) is 5.91 Å². The number of hydrogen-bond donors (Lipinski definition) is 0. The number of carbonyl (C=O) groups excluding carboxylic acids is 2. The summed E-state index contributed by atoms with van der Waals surface area (Å²) in [4.78, 5) is 36.6. The predicted octanol–water partition coefficient (Wildman–Crippen LogP) is 1.74. The summed E-state index contributed by atoms with van der Waals surface area (Å²) in [6, 6.07) is 6.45. The molecule has 0 unspecified atom stereocenters. The van der Waals surface area contributed by atoms with Crippen molar-refractivity contribution in [2.45, 2.75) is 13.0 Å². The van der Waals surface area contributed by atoms with E-state index in [0.717, 1.165) is 18.1 Å². The molecule has 0 aliphatic carbocycles. The van der Waals surface area contributed by atoms with Crippen LogP contribution in [0.3, 0.4) is 0 Å². The van der Waals surface area contributed by atoms with Gasteiger partial charge in [-0.15, -0.1) is 0 Å². The highest BCUT2D eigenvalue weighted by molar-refractivity contribution is 5.95. The Bertz CT molecular complexity index is 829. The molecule has 7 heteroatoms. The second-order valence-electron chi connectivity index (χ2n) is 6.85. The molecule has 2 aromatic heterocycles. The highest BCUT2D eigenvalue weighted by Crippen LogP contribution is 2.33. The normalized spacial score (nSPS) is 22.4. The number of likely N-dealkylation sites (tertiary alicyclic amines) is 2. The predicted molar refractivity (Wildman–Crippen MR) is 91.3 cm³/mol. The second kappa shape index (κ2) is 6.82. The molecule has 6 nitrogen and oxygen atoms in total. The SMILES string of the molecule is O=C(c1ccnc(F)c1)N1C[C@@H]2CCN(Cc3cccnc3)C(=O)[C@@H]2C1. The highest BCUT2D eigenvalue weighted by Gasteiger charge is 2.44. The second-order valence-corrected chi connectivity index (χ2v) is 6.85. The summed E-state index contributed by atoms with van der Waals surface area (Å²) in [5, 5.41) is 0. The van der Waals surface area contributed by atoms with Crippen molar-refractivity contribution in [3.8, 4) is 0 Å². The molecule has 0 saturated carbocycles. The number of fused-ring (bicyclic) bond motifs is 1. The van der Waals surface area contributed by atoms with Crippen LogP contribution < -0.4 is 0 Å². The molecule has 2 aromatic rings. The summed E-state index contributed by atoms with van der Waals surface area (Å²) in [5.74, 6) is -0.848. The van der Waals surface area contributed by atoms with Crippen molar-refractivity contribution < 1.29 is 14.0 Å². The Morgan fingerprint density at radius 3 is 2.92 bits per heavy atom. The largest absolute Gasteiger partial charge is 0.338 e. The maximum absolute atomic E-state index is 13.3. The first-order valence-corrected chi connectivity index (χ1v) is 8.70. The van der Waals surface area contributed by atoms with Gasteiger partial charge in [-0.3, -0.25) is 14.6 Å². The quantitative estimate of drug-likeness (QED) is 0.788. The number of carbonyl (C=O) groups is 2. The van der Waals surface area contributed by atoms with Crippen molar-refractivity contribution in [2.24, 2.45) is 11.8 Å². The summed E-state index contributed by atoms with van der Waals surface area (Å²) < 4.78 is 13.3. The van der Waals surface area contributed by atoms with E-state index < -0.39 is 5.95 Å². The van der Waals surface area contributed by atoms with Gasteiger partial charge in [0.15, 0.2) is 0 Å². The van der Waals surface area contributed by atoms with Crippen LogP contribution in [0.5, 0.6) is 0 Å². The third-order valence-electron chi connectivity index (χ3n) is 5.20. The minimum Gasteiger partial charge on any atom is -0.338 e. The fraction of sp³-hybridized carbons (Fsp3) is 0.368. The molecule has 2 fully saturated rings. The minimum atomic E-state index is -0.675. The molecule has 2 aliphatic heterocycles. The Balaban J connectivity index is 1.45. The van der Waals surface area contributed by atoms with Crippen LogP contribution >= 0.6 is 0 Å². The van der Waals surface area contributed by atoms with E-state index in [1.165, 1.54) is 12.3 Å². The maximum Gasteiger partial charge on any atom is 0.254 e. The van der Waals surface area contributed by atoms with Gasteiger partial charge in [-0.2, -0.15) is 4.39 Å². The Hall–Kier alpha value is -2.83. The fourth-order valence-corrected chi connectivity index (χ4v) is 3.86. The molecule has 4 heterocycles. The van der Waals surface area contributed by atoms with Crippen molar-refractivity contribution in [1.82, 2.24) is 19.8 Å². The van der Waals surface area contributed by atoms with E-state index in [-0.39, 0.29) is 29.2 Å². The van der Waals surface area contributed by atoms with Crippen LogP contribution in [0.2, 0.25) is 0 Å². The lowest BCUT2D eigenvalue weighted by Gasteiger charge is -2.33. The molecular weight excluding hydrogens is 335 g/mol. The van der Waals surface area contributed by atoms with E-state index in [1.54, 1.807) is 17.3 Å². The molecule has 0 bridgehead atoms. The molecule has 0 spiro atoms. The molecule has 0 N–H and O–H groups in total. The lowest BCUT2D eigenvalue weighted by Crippen LogP contribution is -2.44. The highest BCUT2D eigenvalue weighted by atomic mass is 19.1. The Morgan fingerprint density at radius 2 is 2.15 bits per heavy atom. The van der Waals surface area contributed by atoms with Gasteiger partial charge in [-0.1, -0.05) is 6.07 Å². The fourth-order valence-electron chi connectivity index (χ4n) is 3.86. The van der Waals surface area contributed by atoms with Crippen molar-refractivity contribution in [3.63, 3.8) is 0 Å². The van der Waals surface area contributed by atoms with E-state index in [2.05, 4.69) is 9.97 Å². The zero-order valence-corrected chi connectivity index (χ0v) is 14.2. The molecule has 26 heavy (non-hydrogen) atoms. The van der Waals surface area contributed by atoms with Crippen LogP contribution in [-0.2, 0) is 11.3 Å². The van der Waals surface area contributed by atoms with Crippen LogP contribution in [0.25, 0.3) is 0 Å². The van der Waals surface area contributed by atoms with Crippen LogP contribution in [0.4, 0.5) is 4.39 Å². The standard InChI is InChI=1S/C19H19FN4O2/c20-17-8-14(3-6-22-17)18(25)24-11-15-4-7-23(19(26)16(15)12-24)10-13-2-1-5-21-9-13/h1-3,5-6,8-9,15-16H,4,7,10-12H2/t15-,16+/m0/s1. The van der Waals surface area contributed by atoms with Gasteiger partial charge >= 0.3 is 0 Å². The average molecular weight is 354 g/mol. The van der Waals surface area contributed by atoms with Crippen molar-refractivity contribution in [2.75, 3.05) is 19.6 Å². The van der Waals surface area contributed by atoms with Crippen LogP contribution in [0.1, 0.15) is 22.3 Å². The molecule has 0 aromatic carbocycles. The molecule has 2 saturated heterocycles. The van der Waals surface area contributed by atoms with E-state index in [9.17, 15) is 14.0 Å². The van der Waals surface area contributed by atoms with Gasteiger partial charge in [0.2, 0.25) is 11.9 Å². The van der Waals surface area contributed by atoms with Crippen LogP contribution in [0.15, 0.2) is 42.9 Å². The molecule has 134 valence electrons. The Kier molecular flexibility index (Phi) is 4.36. The summed E-state index contributed by atoms with van der Waals surface area (Å²) in [6.45, 7) is 2.15. The smallest absolute Gasteiger partial charge is 0.254 e. The van der Waals surface area contributed by atoms with Gasteiger partial charge in [-0.25, -0.2) is 4.98 Å². The Morgan fingerprint density at radius 1 is 1.27 bits per heavy atom. The number of amides is 2. The van der Waals surface area contributed by atoms with Gasteiger partial charge in [0.1, 0.15) is 0 Å². The van der Waals surface area contributed by atoms with Gasteiger partial charge in [0.05, 0.1) is 5.92 Å². The number of pyridine rings is 2. The number of halogens is 1. The van der Waals surface area contributed by atoms with Crippen molar-refractivity contribution >= 4 is 11.8 Å². The third-order valence-corrected chi connectivity index (χ3v) is 5.20. The maximum atomic E-state index is 13.3. The first kappa shape index (κ1) is 16.6. The molecule has 0 radical (unpaired) electrons. The minimum absolute atomic E-state index is 0.0845. The zero-order valence-electron chi connectivity index (χ0n) is 14.2. The first-order valence-electron chi connectivity index (χ1n) is 8.70. The monoisotopic (exact) mass is 354 g/mol. The topological polar surface area (TPSA) is 66.4 Å². The van der Waals surface area contributed by atoms with E-state index in [4.69, 9.17) is 0 Å². The van der Waals surface area contributed by atoms with Gasteiger partial charge in [0, 0.05) is 56.4 Å². The summed E-state index contributed by atoms with van der Waals surface area (Å²) in [5.41, 5.74) is 1.27. The van der Waals surface area contributed by atoms with Crippen LogP contribution in [-0.4, -0.2) is 51.2 Å². The molecule has 2 aliphatic rings. The third kappa shape index (κ3) is 3.16. The first-order chi connectivity index (χ1) is 12.6. The van der Waals surface area contributed by atoms with E-state index in [0.29, 0.717) is 26.2 Å². The van der Waals surface area contributed by atoms with Crippen molar-refractivity contribution in [1.29, 1.82) is 0 Å². The van der Waals surface area contributed by atoms with E-state index in [1.807, 2.05) is 17.0 Å². The van der Waals surface area contributed by atoms with E-state index >= 15 is 0 Å². The lowest BCUT2D eigenvalue weighted by atomic mass is 9.88. The number of rotatable bonds is 3. The number of nitrogens with zero attached hydrogens (tertiary/aromatic N) is 4. The molecular formula is C19H19FN4O2. The average Bonchev–Trinajstić information content (AvgIpc) is 3.09. The number of aromatic nitrogens is 2. The van der Waals surface area contributed by atoms with Crippen molar-refractivity contribution in [3.05, 3.63) is 59.9 Å². The Labute approximate surface area is 150 Å². The summed E-state index contributed by atoms with van der Waals surface area (Å²) in [6.07, 6.45) is 5.62. The van der Waals surface area contributed by atoms with Crippen LogP contribution in [0, 0.1) is 17.8 Å². The van der Waals surface area contributed by atoms with Gasteiger partial charge < -0.3 is 9.80 Å². The van der Waals surface area contributed by atoms with Gasteiger partial charge in [-0.05, 0) is 30.0 Å².